The molecule has 0 saturated carbocycles. The van der Waals surface area contributed by atoms with Crippen molar-refractivity contribution in [2.24, 2.45) is 5.73 Å². The van der Waals surface area contributed by atoms with Crippen LogP contribution in [0.3, 0.4) is 0 Å². The molecule has 4 heteroatoms. The molecule has 0 fully saturated rings. The number of rotatable bonds is 8. The first kappa shape index (κ1) is 15.7. The van der Waals surface area contributed by atoms with Crippen LogP contribution in [0.4, 0.5) is 0 Å². The van der Waals surface area contributed by atoms with Crippen molar-refractivity contribution in [3.05, 3.63) is 35.9 Å². The Morgan fingerprint density at radius 3 is 2.68 bits per heavy atom. The first-order valence-electron chi connectivity index (χ1n) is 6.84. The maximum atomic E-state index is 12.0. The van der Waals surface area contributed by atoms with Gasteiger partial charge < -0.3 is 16.0 Å². The van der Waals surface area contributed by atoms with E-state index in [-0.39, 0.29) is 5.91 Å². The Balaban J connectivity index is 2.31. The smallest absolute Gasteiger partial charge is 0.239 e. The summed E-state index contributed by atoms with van der Waals surface area (Å²) >= 11 is 0. The molecule has 0 spiro atoms. The molecule has 1 unspecified atom stereocenters. The molecule has 1 amide bonds. The van der Waals surface area contributed by atoms with Crippen molar-refractivity contribution in [2.75, 3.05) is 27.2 Å². The van der Waals surface area contributed by atoms with E-state index in [1.807, 2.05) is 32.3 Å². The van der Waals surface area contributed by atoms with Crippen molar-refractivity contribution in [3.8, 4) is 0 Å². The monoisotopic (exact) mass is 263 g/mol. The third kappa shape index (κ3) is 5.85. The number of hydrogen-bond donors (Lipinski definition) is 2. The molecule has 0 bridgehead atoms. The SMILES string of the molecule is CNCCCN(C)C(=O)C(N)CCc1ccccc1. The first-order valence-corrected chi connectivity index (χ1v) is 6.84. The predicted octanol–water partition coefficient (Wildman–Crippen LogP) is 1.01. The Morgan fingerprint density at radius 1 is 1.37 bits per heavy atom. The van der Waals surface area contributed by atoms with Crippen LogP contribution in [0.25, 0.3) is 0 Å². The molecule has 0 aliphatic heterocycles. The Labute approximate surface area is 116 Å². The lowest BCUT2D eigenvalue weighted by Gasteiger charge is -2.21. The van der Waals surface area contributed by atoms with Crippen molar-refractivity contribution in [2.45, 2.75) is 25.3 Å². The Bertz CT molecular complexity index is 367. The number of likely N-dealkylation sites (N-methyl/N-ethyl adjacent to an activating group) is 1. The molecule has 1 rings (SSSR count). The van der Waals surface area contributed by atoms with E-state index in [0.717, 1.165) is 25.9 Å². The molecule has 0 heterocycles. The summed E-state index contributed by atoms with van der Waals surface area (Å²) in [5.74, 6) is 0.0343. The van der Waals surface area contributed by atoms with Gasteiger partial charge in [-0.2, -0.15) is 0 Å². The van der Waals surface area contributed by atoms with E-state index >= 15 is 0 Å². The Kier molecular flexibility index (Phi) is 7.15. The topological polar surface area (TPSA) is 58.4 Å². The average molecular weight is 263 g/mol. The fraction of sp³-hybridized carbons (Fsp3) is 0.533. The minimum atomic E-state index is -0.403. The number of nitrogens with two attached hydrogens (primary N) is 1. The van der Waals surface area contributed by atoms with Gasteiger partial charge in [0.15, 0.2) is 0 Å². The van der Waals surface area contributed by atoms with E-state index in [0.29, 0.717) is 6.42 Å². The zero-order valence-electron chi connectivity index (χ0n) is 11.9. The molecular formula is C15H25N3O. The van der Waals surface area contributed by atoms with Crippen molar-refractivity contribution in [3.63, 3.8) is 0 Å². The summed E-state index contributed by atoms with van der Waals surface area (Å²) in [5.41, 5.74) is 7.19. The predicted molar refractivity (Wildman–Crippen MR) is 78.9 cm³/mol. The van der Waals surface area contributed by atoms with E-state index in [4.69, 9.17) is 5.73 Å². The molecule has 3 N–H and O–H groups in total. The van der Waals surface area contributed by atoms with Gasteiger partial charge in [0.25, 0.3) is 0 Å². The van der Waals surface area contributed by atoms with Gasteiger partial charge in [0.05, 0.1) is 6.04 Å². The van der Waals surface area contributed by atoms with Crippen LogP contribution in [-0.2, 0) is 11.2 Å². The summed E-state index contributed by atoms with van der Waals surface area (Å²) in [4.78, 5) is 13.8. The van der Waals surface area contributed by atoms with Crippen LogP contribution >= 0.6 is 0 Å². The fourth-order valence-electron chi connectivity index (χ4n) is 1.98. The number of nitrogens with one attached hydrogen (secondary N) is 1. The number of carbonyl (C=O) groups is 1. The second-order valence-electron chi connectivity index (χ2n) is 4.85. The van der Waals surface area contributed by atoms with Gasteiger partial charge >= 0.3 is 0 Å². The number of amides is 1. The summed E-state index contributed by atoms with van der Waals surface area (Å²) in [6.07, 6.45) is 2.49. The van der Waals surface area contributed by atoms with E-state index in [1.54, 1.807) is 4.90 Å². The van der Waals surface area contributed by atoms with Gasteiger partial charge in [-0.1, -0.05) is 30.3 Å². The van der Waals surface area contributed by atoms with Gasteiger partial charge in [0.1, 0.15) is 0 Å². The zero-order chi connectivity index (χ0) is 14.1. The number of carbonyl (C=O) groups excluding carboxylic acids is 1. The van der Waals surface area contributed by atoms with Gasteiger partial charge in [-0.05, 0) is 38.4 Å². The highest BCUT2D eigenvalue weighted by atomic mass is 16.2. The van der Waals surface area contributed by atoms with Crippen molar-refractivity contribution < 1.29 is 4.79 Å². The summed E-state index contributed by atoms with van der Waals surface area (Å²) in [6, 6.07) is 9.73. The first-order chi connectivity index (χ1) is 9.15. The molecule has 4 nitrogen and oxygen atoms in total. The van der Waals surface area contributed by atoms with Crippen LogP contribution in [0.2, 0.25) is 0 Å². The lowest BCUT2D eigenvalue weighted by atomic mass is 10.1. The van der Waals surface area contributed by atoms with Gasteiger partial charge in [-0.25, -0.2) is 0 Å². The van der Waals surface area contributed by atoms with Crippen LogP contribution < -0.4 is 11.1 Å². The minimum absolute atomic E-state index is 0.0343. The van der Waals surface area contributed by atoms with Crippen LogP contribution in [0.15, 0.2) is 30.3 Å². The number of aryl methyl sites for hydroxylation is 1. The third-order valence-corrected chi connectivity index (χ3v) is 3.20. The van der Waals surface area contributed by atoms with E-state index < -0.39 is 6.04 Å². The maximum Gasteiger partial charge on any atom is 0.239 e. The fourth-order valence-corrected chi connectivity index (χ4v) is 1.98. The molecule has 1 aromatic carbocycles. The summed E-state index contributed by atoms with van der Waals surface area (Å²) < 4.78 is 0. The number of nitrogens with zero attached hydrogens (tertiary/aromatic N) is 1. The van der Waals surface area contributed by atoms with Crippen molar-refractivity contribution in [1.82, 2.24) is 10.2 Å². The molecular weight excluding hydrogens is 238 g/mol. The molecule has 0 aliphatic carbocycles. The average Bonchev–Trinajstić information content (AvgIpc) is 2.45. The third-order valence-electron chi connectivity index (χ3n) is 3.20. The highest BCUT2D eigenvalue weighted by Crippen LogP contribution is 2.05. The molecule has 19 heavy (non-hydrogen) atoms. The Morgan fingerprint density at radius 2 is 2.05 bits per heavy atom. The zero-order valence-corrected chi connectivity index (χ0v) is 11.9. The van der Waals surface area contributed by atoms with Crippen LogP contribution in [0.5, 0.6) is 0 Å². The standard InChI is InChI=1S/C15H25N3O/c1-17-11-6-12-18(2)15(19)14(16)10-9-13-7-4-3-5-8-13/h3-5,7-8,14,17H,6,9-12,16H2,1-2H3. The van der Waals surface area contributed by atoms with Crippen molar-refractivity contribution >= 4 is 5.91 Å². The minimum Gasteiger partial charge on any atom is -0.344 e. The molecule has 0 aromatic heterocycles. The second kappa shape index (κ2) is 8.67. The van der Waals surface area contributed by atoms with Crippen LogP contribution in [-0.4, -0.2) is 44.0 Å². The maximum absolute atomic E-state index is 12.0. The summed E-state index contributed by atoms with van der Waals surface area (Å²) in [7, 11) is 3.73. The van der Waals surface area contributed by atoms with Gasteiger partial charge in [-0.15, -0.1) is 0 Å². The summed E-state index contributed by atoms with van der Waals surface area (Å²) in [5, 5.41) is 3.07. The molecule has 1 atom stereocenters. The molecule has 0 radical (unpaired) electrons. The Hall–Kier alpha value is -1.39. The van der Waals surface area contributed by atoms with Crippen LogP contribution in [0.1, 0.15) is 18.4 Å². The highest BCUT2D eigenvalue weighted by molar-refractivity contribution is 5.81. The molecule has 0 aliphatic rings. The number of hydrogen-bond acceptors (Lipinski definition) is 3. The van der Waals surface area contributed by atoms with E-state index in [2.05, 4.69) is 17.4 Å². The van der Waals surface area contributed by atoms with Crippen LogP contribution in [0, 0.1) is 0 Å². The lowest BCUT2D eigenvalue weighted by molar-refractivity contribution is -0.131. The van der Waals surface area contributed by atoms with Gasteiger partial charge in [0.2, 0.25) is 5.91 Å². The van der Waals surface area contributed by atoms with E-state index in [1.165, 1.54) is 5.56 Å². The highest BCUT2D eigenvalue weighted by Gasteiger charge is 2.17. The largest absolute Gasteiger partial charge is 0.344 e. The molecule has 1 aromatic rings. The van der Waals surface area contributed by atoms with E-state index in [9.17, 15) is 4.79 Å². The van der Waals surface area contributed by atoms with Gasteiger partial charge in [-0.3, -0.25) is 4.79 Å². The second-order valence-corrected chi connectivity index (χ2v) is 4.85. The summed E-state index contributed by atoms with van der Waals surface area (Å²) in [6.45, 7) is 1.66. The normalized spacial score (nSPS) is 12.2. The van der Waals surface area contributed by atoms with Gasteiger partial charge in [0, 0.05) is 13.6 Å². The quantitative estimate of drug-likeness (QED) is 0.688. The number of benzene rings is 1. The lowest BCUT2D eigenvalue weighted by Crippen LogP contribution is -2.42. The molecule has 106 valence electrons. The molecule has 0 saturated heterocycles. The van der Waals surface area contributed by atoms with Crippen molar-refractivity contribution in [1.29, 1.82) is 0 Å².